The van der Waals surface area contributed by atoms with Crippen molar-refractivity contribution in [3.05, 3.63) is 46.5 Å². The van der Waals surface area contributed by atoms with Gasteiger partial charge in [0.25, 0.3) is 5.91 Å². The third-order valence-electron chi connectivity index (χ3n) is 3.68. The molecule has 8 heteroatoms. The number of hydrogen-bond donors (Lipinski definition) is 0. The van der Waals surface area contributed by atoms with E-state index in [-0.39, 0.29) is 6.54 Å². The van der Waals surface area contributed by atoms with Gasteiger partial charge in [-0.3, -0.25) is 9.48 Å². The summed E-state index contributed by atoms with van der Waals surface area (Å²) in [7, 11) is 1.68. The molecule has 1 amide bonds. The number of amides is 1. The van der Waals surface area contributed by atoms with Gasteiger partial charge in [0.15, 0.2) is 4.80 Å². The molecule has 2 aromatic heterocycles. The highest BCUT2D eigenvalue weighted by Gasteiger charge is 2.13. The second-order valence-corrected chi connectivity index (χ2v) is 6.34. The van der Waals surface area contributed by atoms with Gasteiger partial charge in [0.2, 0.25) is 0 Å². The molecule has 0 spiro atoms. The number of esters is 1. The van der Waals surface area contributed by atoms with Gasteiger partial charge in [-0.05, 0) is 31.2 Å². The van der Waals surface area contributed by atoms with E-state index in [0.29, 0.717) is 22.7 Å². The van der Waals surface area contributed by atoms with Crippen molar-refractivity contribution in [2.75, 3.05) is 6.61 Å². The summed E-state index contributed by atoms with van der Waals surface area (Å²) >= 11 is 1.29. The van der Waals surface area contributed by atoms with Crippen molar-refractivity contribution < 1.29 is 14.3 Å². The summed E-state index contributed by atoms with van der Waals surface area (Å²) in [4.78, 5) is 29.0. The Morgan fingerprint density at radius 3 is 2.85 bits per heavy atom. The molecule has 0 saturated heterocycles. The molecular formula is C18H16N4O3S. The van der Waals surface area contributed by atoms with Crippen LogP contribution in [0.3, 0.4) is 0 Å². The lowest BCUT2D eigenvalue weighted by atomic mass is 10.2. The number of carbonyl (C=O) groups is 2. The Morgan fingerprint density at radius 1 is 1.38 bits per heavy atom. The fourth-order valence-corrected chi connectivity index (χ4v) is 3.54. The number of hydrogen-bond acceptors (Lipinski definition) is 5. The van der Waals surface area contributed by atoms with Crippen molar-refractivity contribution in [1.29, 1.82) is 0 Å². The molecule has 0 aliphatic carbocycles. The maximum absolute atomic E-state index is 12.4. The first-order valence-corrected chi connectivity index (χ1v) is 8.67. The molecule has 0 radical (unpaired) electrons. The van der Waals surface area contributed by atoms with Gasteiger partial charge in [0, 0.05) is 13.2 Å². The predicted molar refractivity (Wildman–Crippen MR) is 97.7 cm³/mol. The molecule has 0 bridgehead atoms. The lowest BCUT2D eigenvalue weighted by molar-refractivity contribution is 0.0526. The minimum atomic E-state index is -0.409. The van der Waals surface area contributed by atoms with Crippen LogP contribution in [0.4, 0.5) is 0 Å². The first-order chi connectivity index (χ1) is 12.5. The summed E-state index contributed by atoms with van der Waals surface area (Å²) in [6.07, 6.45) is 7.00. The number of nitrogens with zero attached hydrogens (tertiary/aromatic N) is 4. The second kappa shape index (κ2) is 7.37. The molecule has 0 fully saturated rings. The zero-order valence-electron chi connectivity index (χ0n) is 14.3. The summed E-state index contributed by atoms with van der Waals surface area (Å²) < 4.78 is 9.05. The van der Waals surface area contributed by atoms with E-state index < -0.39 is 11.9 Å². The third kappa shape index (κ3) is 3.30. The zero-order valence-corrected chi connectivity index (χ0v) is 15.1. The maximum atomic E-state index is 12.4. The maximum Gasteiger partial charge on any atom is 0.338 e. The highest BCUT2D eigenvalue weighted by Crippen LogP contribution is 2.20. The number of fused-ring (bicyclic) bond motifs is 1. The number of rotatable bonds is 4. The lowest BCUT2D eigenvalue weighted by Gasteiger charge is -2.03. The Morgan fingerprint density at radius 2 is 2.19 bits per heavy atom. The van der Waals surface area contributed by atoms with Crippen molar-refractivity contribution in [3.63, 3.8) is 0 Å². The normalized spacial score (nSPS) is 11.5. The molecule has 0 unspecified atom stereocenters. The van der Waals surface area contributed by atoms with Gasteiger partial charge in [0.05, 0.1) is 28.9 Å². The molecule has 0 aliphatic heterocycles. The monoisotopic (exact) mass is 368 g/mol. The minimum Gasteiger partial charge on any atom is -0.462 e. The fraction of sp³-hybridized carbons (Fsp3) is 0.222. The van der Waals surface area contributed by atoms with Crippen LogP contribution in [-0.4, -0.2) is 32.8 Å². The molecule has 3 rings (SSSR count). The van der Waals surface area contributed by atoms with Gasteiger partial charge in [-0.15, -0.1) is 6.42 Å². The predicted octanol–water partition coefficient (Wildman–Crippen LogP) is 1.99. The van der Waals surface area contributed by atoms with Crippen molar-refractivity contribution in [1.82, 2.24) is 14.3 Å². The highest BCUT2D eigenvalue weighted by atomic mass is 32.1. The van der Waals surface area contributed by atoms with Gasteiger partial charge in [0.1, 0.15) is 5.69 Å². The molecule has 7 nitrogen and oxygen atoms in total. The number of aromatic nitrogens is 3. The van der Waals surface area contributed by atoms with Crippen LogP contribution in [0.25, 0.3) is 10.2 Å². The molecule has 26 heavy (non-hydrogen) atoms. The molecular weight excluding hydrogens is 352 g/mol. The molecule has 0 saturated carbocycles. The van der Waals surface area contributed by atoms with Gasteiger partial charge < -0.3 is 9.30 Å². The van der Waals surface area contributed by atoms with Crippen molar-refractivity contribution in [2.45, 2.75) is 13.5 Å². The van der Waals surface area contributed by atoms with Crippen LogP contribution in [0.15, 0.2) is 35.5 Å². The molecule has 0 N–H and O–H groups in total. The molecule has 1 aromatic carbocycles. The highest BCUT2D eigenvalue weighted by molar-refractivity contribution is 7.16. The van der Waals surface area contributed by atoms with Crippen molar-refractivity contribution >= 4 is 33.4 Å². The van der Waals surface area contributed by atoms with Crippen molar-refractivity contribution in [3.8, 4) is 12.3 Å². The van der Waals surface area contributed by atoms with Gasteiger partial charge in [-0.1, -0.05) is 17.3 Å². The van der Waals surface area contributed by atoms with E-state index in [9.17, 15) is 9.59 Å². The van der Waals surface area contributed by atoms with Gasteiger partial charge in [-0.2, -0.15) is 10.1 Å². The lowest BCUT2D eigenvalue weighted by Crippen LogP contribution is -2.17. The Labute approximate surface area is 153 Å². The summed E-state index contributed by atoms with van der Waals surface area (Å²) in [5.74, 6) is 1.77. The molecule has 2 heterocycles. The largest absolute Gasteiger partial charge is 0.462 e. The average molecular weight is 368 g/mol. The minimum absolute atomic E-state index is 0.260. The Kier molecular flexibility index (Phi) is 5.00. The standard InChI is InChI=1S/C18H16N4O3S/c1-4-10-22-13-7-6-12(17(24)25-5-2)11-15(13)26-18(22)20-16(23)14-8-9-19-21(14)3/h1,6-9,11H,5,10H2,2-3H3. The van der Waals surface area contributed by atoms with Crippen LogP contribution in [0, 0.1) is 12.3 Å². The van der Waals surface area contributed by atoms with E-state index in [2.05, 4.69) is 16.0 Å². The molecule has 0 atom stereocenters. The van der Waals surface area contributed by atoms with Crippen LogP contribution in [-0.2, 0) is 18.3 Å². The van der Waals surface area contributed by atoms with Crippen LogP contribution in [0.1, 0.15) is 27.8 Å². The summed E-state index contributed by atoms with van der Waals surface area (Å²) in [6.45, 7) is 2.32. The van der Waals surface area contributed by atoms with E-state index in [1.807, 2.05) is 0 Å². The second-order valence-electron chi connectivity index (χ2n) is 5.33. The first kappa shape index (κ1) is 17.6. The van der Waals surface area contributed by atoms with Crippen LogP contribution < -0.4 is 4.80 Å². The first-order valence-electron chi connectivity index (χ1n) is 7.86. The number of ether oxygens (including phenoxy) is 1. The zero-order chi connectivity index (χ0) is 18.7. The number of aryl methyl sites for hydroxylation is 1. The van der Waals surface area contributed by atoms with Crippen LogP contribution in [0.5, 0.6) is 0 Å². The van der Waals surface area contributed by atoms with E-state index in [0.717, 1.165) is 10.2 Å². The average Bonchev–Trinajstić information content (AvgIpc) is 3.19. The Bertz CT molecular complexity index is 1100. The fourth-order valence-electron chi connectivity index (χ4n) is 2.47. The van der Waals surface area contributed by atoms with Crippen LogP contribution in [0.2, 0.25) is 0 Å². The quantitative estimate of drug-likeness (QED) is 0.521. The number of terminal acetylenes is 1. The molecule has 3 aromatic rings. The van der Waals surface area contributed by atoms with E-state index >= 15 is 0 Å². The number of carbonyl (C=O) groups excluding carboxylic acids is 2. The Hall–Kier alpha value is -3.18. The van der Waals surface area contributed by atoms with E-state index in [1.54, 1.807) is 42.8 Å². The van der Waals surface area contributed by atoms with Crippen LogP contribution >= 0.6 is 11.3 Å². The molecule has 132 valence electrons. The Balaban J connectivity index is 2.12. The van der Waals surface area contributed by atoms with E-state index in [1.165, 1.54) is 22.2 Å². The van der Waals surface area contributed by atoms with Gasteiger partial charge in [-0.25, -0.2) is 4.79 Å². The third-order valence-corrected chi connectivity index (χ3v) is 4.72. The summed E-state index contributed by atoms with van der Waals surface area (Å²) in [5, 5.41) is 3.98. The number of benzene rings is 1. The molecule has 0 aliphatic rings. The van der Waals surface area contributed by atoms with Gasteiger partial charge >= 0.3 is 5.97 Å². The SMILES string of the molecule is C#CCn1c(=NC(=O)c2ccnn2C)sc2cc(C(=O)OCC)ccc21. The van der Waals surface area contributed by atoms with Crippen molar-refractivity contribution in [2.24, 2.45) is 12.0 Å². The summed E-state index contributed by atoms with van der Waals surface area (Å²) in [6, 6.07) is 6.78. The summed E-state index contributed by atoms with van der Waals surface area (Å²) in [5.41, 5.74) is 1.62. The smallest absolute Gasteiger partial charge is 0.338 e. The number of thiazole rings is 1. The topological polar surface area (TPSA) is 78.5 Å². The van der Waals surface area contributed by atoms with E-state index in [4.69, 9.17) is 11.2 Å².